The fourth-order valence-corrected chi connectivity index (χ4v) is 2.36. The number of rotatable bonds is 3. The highest BCUT2D eigenvalue weighted by Gasteiger charge is 2.25. The van der Waals surface area contributed by atoms with Gasteiger partial charge in [0.1, 0.15) is 5.92 Å². The van der Waals surface area contributed by atoms with Crippen LogP contribution in [0.4, 0.5) is 13.2 Å². The third kappa shape index (κ3) is 2.98. The summed E-state index contributed by atoms with van der Waals surface area (Å²) in [6.07, 6.45) is 0. The molecular weight excluding hydrogens is 347 g/mol. The Balaban J connectivity index is 2.48. The van der Waals surface area contributed by atoms with Crippen LogP contribution in [-0.2, 0) is 0 Å². The van der Waals surface area contributed by atoms with Crippen molar-refractivity contribution in [1.82, 2.24) is 0 Å². The minimum atomic E-state index is -1.65. The van der Waals surface area contributed by atoms with E-state index in [0.29, 0.717) is 22.2 Å². The van der Waals surface area contributed by atoms with Crippen molar-refractivity contribution in [3.05, 3.63) is 69.4 Å². The summed E-state index contributed by atoms with van der Waals surface area (Å²) in [5, 5.41) is 9.18. The molecule has 1 atom stereocenters. The molecule has 0 aliphatic heterocycles. The van der Waals surface area contributed by atoms with E-state index in [4.69, 9.17) is 0 Å². The third-order valence-electron chi connectivity index (χ3n) is 2.88. The normalized spacial score (nSPS) is 11.8. The molecule has 0 saturated carbocycles. The average Bonchev–Trinajstić information content (AvgIpc) is 2.46. The summed E-state index contributed by atoms with van der Waals surface area (Å²) in [6.45, 7) is 0. The first-order valence-electron chi connectivity index (χ1n) is 5.78. The Morgan fingerprint density at radius 1 is 1.14 bits per heavy atom. The summed E-state index contributed by atoms with van der Waals surface area (Å²) in [5.41, 5.74) is -0.0242. The molecule has 2 nitrogen and oxygen atoms in total. The number of carbonyl (C=O) groups excluding carboxylic acids is 1. The number of halogens is 4. The zero-order valence-corrected chi connectivity index (χ0v) is 12.0. The standard InChI is InChI=1S/C15H7BrF3NO/c16-11-4-2-1-3-9(11)10(7-20)15(21)8-5-12(17)14(19)13(18)6-8/h1-6,10H. The summed E-state index contributed by atoms with van der Waals surface area (Å²) < 4.78 is 39.8. The molecule has 0 amide bonds. The van der Waals surface area contributed by atoms with Crippen molar-refractivity contribution in [2.45, 2.75) is 5.92 Å². The van der Waals surface area contributed by atoms with Gasteiger partial charge < -0.3 is 0 Å². The Bertz CT molecular complexity index is 732. The van der Waals surface area contributed by atoms with Gasteiger partial charge in [-0.3, -0.25) is 4.79 Å². The van der Waals surface area contributed by atoms with Gasteiger partial charge in [-0.25, -0.2) is 13.2 Å². The van der Waals surface area contributed by atoms with Gasteiger partial charge in [0.05, 0.1) is 6.07 Å². The summed E-state index contributed by atoms with van der Waals surface area (Å²) in [7, 11) is 0. The number of hydrogen-bond acceptors (Lipinski definition) is 2. The van der Waals surface area contributed by atoms with E-state index >= 15 is 0 Å². The number of nitrogens with zero attached hydrogens (tertiary/aromatic N) is 1. The number of benzene rings is 2. The maximum absolute atomic E-state index is 13.2. The Morgan fingerprint density at radius 2 is 1.71 bits per heavy atom. The molecule has 2 aromatic carbocycles. The van der Waals surface area contributed by atoms with E-state index in [1.807, 2.05) is 0 Å². The molecule has 2 rings (SSSR count). The van der Waals surface area contributed by atoms with Gasteiger partial charge in [0, 0.05) is 10.0 Å². The molecule has 0 spiro atoms. The fourth-order valence-electron chi connectivity index (χ4n) is 1.84. The molecule has 21 heavy (non-hydrogen) atoms. The lowest BCUT2D eigenvalue weighted by Gasteiger charge is -2.11. The Kier molecular flexibility index (Phi) is 4.43. The van der Waals surface area contributed by atoms with E-state index < -0.39 is 34.7 Å². The van der Waals surface area contributed by atoms with Gasteiger partial charge in [0.25, 0.3) is 0 Å². The summed E-state index contributed by atoms with van der Waals surface area (Å²) in [4.78, 5) is 12.2. The second-order valence-electron chi connectivity index (χ2n) is 4.20. The lowest BCUT2D eigenvalue weighted by molar-refractivity contribution is 0.0977. The molecule has 0 aliphatic carbocycles. The van der Waals surface area contributed by atoms with Crippen molar-refractivity contribution < 1.29 is 18.0 Å². The number of ketones is 1. The molecule has 0 aromatic heterocycles. The molecule has 6 heteroatoms. The van der Waals surface area contributed by atoms with Crippen LogP contribution in [0.15, 0.2) is 40.9 Å². The monoisotopic (exact) mass is 353 g/mol. The fraction of sp³-hybridized carbons (Fsp3) is 0.0667. The van der Waals surface area contributed by atoms with Crippen LogP contribution in [0.2, 0.25) is 0 Å². The molecule has 0 radical (unpaired) electrons. The number of hydrogen-bond donors (Lipinski definition) is 0. The Labute approximate surface area is 127 Å². The van der Waals surface area contributed by atoms with Crippen LogP contribution in [-0.4, -0.2) is 5.78 Å². The van der Waals surface area contributed by atoms with Crippen molar-refractivity contribution in [1.29, 1.82) is 5.26 Å². The van der Waals surface area contributed by atoms with Crippen LogP contribution in [0.3, 0.4) is 0 Å². The van der Waals surface area contributed by atoms with Crippen LogP contribution < -0.4 is 0 Å². The maximum Gasteiger partial charge on any atom is 0.194 e. The zero-order chi connectivity index (χ0) is 15.6. The predicted molar refractivity (Wildman–Crippen MR) is 73.1 cm³/mol. The van der Waals surface area contributed by atoms with E-state index in [9.17, 15) is 23.2 Å². The number of carbonyl (C=O) groups is 1. The minimum absolute atomic E-state index is 0.371. The zero-order valence-electron chi connectivity index (χ0n) is 10.4. The van der Waals surface area contributed by atoms with Gasteiger partial charge in [-0.2, -0.15) is 5.26 Å². The van der Waals surface area contributed by atoms with Crippen LogP contribution >= 0.6 is 15.9 Å². The second kappa shape index (κ2) is 6.10. The van der Waals surface area contributed by atoms with Gasteiger partial charge in [-0.05, 0) is 23.8 Å². The van der Waals surface area contributed by atoms with E-state index in [1.54, 1.807) is 30.3 Å². The van der Waals surface area contributed by atoms with Crippen molar-refractivity contribution in [2.75, 3.05) is 0 Å². The van der Waals surface area contributed by atoms with Crippen LogP contribution in [0.5, 0.6) is 0 Å². The Hall–Kier alpha value is -2.13. The van der Waals surface area contributed by atoms with Crippen molar-refractivity contribution in [3.8, 4) is 6.07 Å². The minimum Gasteiger partial charge on any atom is -0.292 e. The van der Waals surface area contributed by atoms with E-state index in [0.717, 1.165) is 0 Å². The second-order valence-corrected chi connectivity index (χ2v) is 5.06. The smallest absolute Gasteiger partial charge is 0.194 e. The first-order valence-corrected chi connectivity index (χ1v) is 6.57. The van der Waals surface area contributed by atoms with E-state index in [2.05, 4.69) is 15.9 Å². The quantitative estimate of drug-likeness (QED) is 0.607. The van der Waals surface area contributed by atoms with Crippen LogP contribution in [0.25, 0.3) is 0 Å². The summed E-state index contributed by atoms with van der Waals surface area (Å²) >= 11 is 3.21. The topological polar surface area (TPSA) is 40.9 Å². The lowest BCUT2D eigenvalue weighted by Crippen LogP contribution is -2.13. The van der Waals surface area contributed by atoms with Crippen molar-refractivity contribution in [2.24, 2.45) is 0 Å². The molecule has 0 bridgehead atoms. The molecular formula is C15H7BrF3NO. The van der Waals surface area contributed by atoms with Crippen molar-refractivity contribution in [3.63, 3.8) is 0 Å². The molecule has 0 saturated heterocycles. The molecule has 2 aromatic rings. The van der Waals surface area contributed by atoms with Gasteiger partial charge >= 0.3 is 0 Å². The van der Waals surface area contributed by atoms with Gasteiger partial charge in [0.2, 0.25) is 0 Å². The first-order chi connectivity index (χ1) is 9.95. The molecule has 0 fully saturated rings. The largest absolute Gasteiger partial charge is 0.292 e. The highest BCUT2D eigenvalue weighted by molar-refractivity contribution is 9.10. The molecule has 0 heterocycles. The highest BCUT2D eigenvalue weighted by atomic mass is 79.9. The number of nitriles is 1. The molecule has 0 N–H and O–H groups in total. The maximum atomic E-state index is 13.2. The van der Waals surface area contributed by atoms with Gasteiger partial charge in [-0.1, -0.05) is 34.1 Å². The van der Waals surface area contributed by atoms with E-state index in [-0.39, 0.29) is 0 Å². The van der Waals surface area contributed by atoms with E-state index in [1.165, 1.54) is 0 Å². The van der Waals surface area contributed by atoms with Crippen LogP contribution in [0, 0.1) is 28.8 Å². The third-order valence-corrected chi connectivity index (χ3v) is 3.60. The van der Waals surface area contributed by atoms with Gasteiger partial charge in [-0.15, -0.1) is 0 Å². The molecule has 106 valence electrons. The molecule has 1 unspecified atom stereocenters. The van der Waals surface area contributed by atoms with Crippen LogP contribution in [0.1, 0.15) is 21.8 Å². The summed E-state index contributed by atoms with van der Waals surface area (Å²) in [5.74, 6) is -6.64. The average molecular weight is 354 g/mol. The Morgan fingerprint density at radius 3 is 2.24 bits per heavy atom. The predicted octanol–water partition coefficient (Wildman–Crippen LogP) is 4.36. The number of Topliss-reactive ketones (excluding diaryl/α,β-unsaturated/α-hetero) is 1. The SMILES string of the molecule is N#CC(C(=O)c1cc(F)c(F)c(F)c1)c1ccccc1Br. The molecule has 0 aliphatic rings. The van der Waals surface area contributed by atoms with Gasteiger partial charge in [0.15, 0.2) is 23.2 Å². The summed E-state index contributed by atoms with van der Waals surface area (Å²) in [6, 6.07) is 9.48. The lowest BCUT2D eigenvalue weighted by atomic mass is 9.92. The van der Waals surface area contributed by atoms with Crippen molar-refractivity contribution >= 4 is 21.7 Å². The highest BCUT2D eigenvalue weighted by Crippen LogP contribution is 2.28. The first kappa shape index (κ1) is 15.3.